The molecule has 0 N–H and O–H groups in total. The minimum absolute atomic E-state index is 0.258. The Bertz CT molecular complexity index is 826. The molecule has 0 atom stereocenters. The molecule has 0 aliphatic rings. The molecule has 126 valence electrons. The van der Waals surface area contributed by atoms with Crippen LogP contribution >= 0.6 is 0 Å². The average molecular weight is 332 g/mol. The van der Waals surface area contributed by atoms with Crippen LogP contribution in [0.5, 0.6) is 5.75 Å². The van der Waals surface area contributed by atoms with Gasteiger partial charge in [-0.05, 0) is 41.8 Å². The number of hydrogen-bond acceptors (Lipinski definition) is 3. The maximum atomic E-state index is 12.3. The molecule has 25 heavy (non-hydrogen) atoms. The third kappa shape index (κ3) is 4.95. The van der Waals surface area contributed by atoms with E-state index in [0.717, 1.165) is 16.7 Å². The monoisotopic (exact) mass is 332 g/mol. The van der Waals surface area contributed by atoms with Gasteiger partial charge in [-0.1, -0.05) is 60.7 Å². The molecule has 0 spiro atoms. The number of hydrogen-bond donors (Lipinski definition) is 0. The number of rotatable bonds is 6. The molecule has 0 aromatic heterocycles. The van der Waals surface area contributed by atoms with Gasteiger partial charge >= 0.3 is 5.97 Å². The molecule has 0 heterocycles. The fourth-order valence-electron chi connectivity index (χ4n) is 2.50. The average Bonchev–Trinajstić information content (AvgIpc) is 2.66. The van der Waals surface area contributed by atoms with E-state index in [1.54, 1.807) is 6.07 Å². The molecule has 0 saturated heterocycles. The van der Waals surface area contributed by atoms with Crippen LogP contribution in [0.15, 0.2) is 78.9 Å². The molecule has 3 aromatic rings. The molecule has 3 aromatic carbocycles. The third-order valence-corrected chi connectivity index (χ3v) is 3.75. The normalized spacial score (nSPS) is 10.3. The molecule has 3 rings (SSSR count). The van der Waals surface area contributed by atoms with Crippen LogP contribution < -0.4 is 4.74 Å². The van der Waals surface area contributed by atoms with Gasteiger partial charge in [0.2, 0.25) is 0 Å². The standard InChI is InChI=1S/C22H20O3/c1-17-12-20(22(23)25-16-19-10-6-3-7-11-19)14-21(13-17)24-15-18-8-4-2-5-9-18/h2-14H,15-16H2,1H3. The van der Waals surface area contributed by atoms with Crippen molar-refractivity contribution in [1.29, 1.82) is 0 Å². The molecule has 0 aliphatic heterocycles. The topological polar surface area (TPSA) is 35.5 Å². The predicted molar refractivity (Wildman–Crippen MR) is 97.5 cm³/mol. The zero-order valence-corrected chi connectivity index (χ0v) is 14.1. The van der Waals surface area contributed by atoms with Gasteiger partial charge in [0.15, 0.2) is 0 Å². The Morgan fingerprint density at radius 3 is 2.04 bits per heavy atom. The fraction of sp³-hybridized carbons (Fsp3) is 0.136. The van der Waals surface area contributed by atoms with E-state index in [0.29, 0.717) is 17.9 Å². The highest BCUT2D eigenvalue weighted by Gasteiger charge is 2.10. The minimum atomic E-state index is -0.350. The van der Waals surface area contributed by atoms with Crippen molar-refractivity contribution in [3.63, 3.8) is 0 Å². The highest BCUT2D eigenvalue weighted by Crippen LogP contribution is 2.19. The van der Waals surface area contributed by atoms with Crippen molar-refractivity contribution in [3.05, 3.63) is 101 Å². The maximum absolute atomic E-state index is 12.3. The highest BCUT2D eigenvalue weighted by molar-refractivity contribution is 5.90. The fourth-order valence-corrected chi connectivity index (χ4v) is 2.50. The molecule has 0 bridgehead atoms. The molecular weight excluding hydrogens is 312 g/mol. The molecule has 0 unspecified atom stereocenters. The first-order valence-corrected chi connectivity index (χ1v) is 8.20. The number of carbonyl (C=O) groups excluding carboxylic acids is 1. The largest absolute Gasteiger partial charge is 0.489 e. The SMILES string of the molecule is Cc1cc(OCc2ccccc2)cc(C(=O)OCc2ccccc2)c1. The first-order chi connectivity index (χ1) is 12.2. The van der Waals surface area contributed by atoms with Crippen molar-refractivity contribution in [2.24, 2.45) is 0 Å². The summed E-state index contributed by atoms with van der Waals surface area (Å²) in [4.78, 5) is 12.3. The Labute approximate surface area is 147 Å². The van der Waals surface area contributed by atoms with Crippen LogP contribution in [0.3, 0.4) is 0 Å². The van der Waals surface area contributed by atoms with Crippen LogP contribution in [-0.4, -0.2) is 5.97 Å². The summed E-state index contributed by atoms with van der Waals surface area (Å²) in [5.74, 6) is 0.313. The zero-order valence-electron chi connectivity index (χ0n) is 14.1. The number of aryl methyl sites for hydroxylation is 1. The van der Waals surface area contributed by atoms with E-state index < -0.39 is 0 Å². The smallest absolute Gasteiger partial charge is 0.338 e. The second-order valence-corrected chi connectivity index (χ2v) is 5.87. The minimum Gasteiger partial charge on any atom is -0.489 e. The molecule has 3 nitrogen and oxygen atoms in total. The molecule has 3 heteroatoms. The molecular formula is C22H20O3. The summed E-state index contributed by atoms with van der Waals surface area (Å²) in [5.41, 5.74) is 3.50. The quantitative estimate of drug-likeness (QED) is 0.600. The molecule has 0 fully saturated rings. The lowest BCUT2D eigenvalue weighted by molar-refractivity contribution is 0.0472. The van der Waals surface area contributed by atoms with E-state index in [1.807, 2.05) is 79.7 Å². The Morgan fingerprint density at radius 1 is 0.800 bits per heavy atom. The van der Waals surface area contributed by atoms with Gasteiger partial charge in [0.1, 0.15) is 19.0 Å². The maximum Gasteiger partial charge on any atom is 0.338 e. The van der Waals surface area contributed by atoms with Crippen molar-refractivity contribution in [2.75, 3.05) is 0 Å². The summed E-state index contributed by atoms with van der Waals surface area (Å²) >= 11 is 0. The van der Waals surface area contributed by atoms with E-state index in [1.165, 1.54) is 0 Å². The van der Waals surface area contributed by atoms with Crippen LogP contribution in [0.25, 0.3) is 0 Å². The van der Waals surface area contributed by atoms with Crippen molar-refractivity contribution in [1.82, 2.24) is 0 Å². The number of carbonyl (C=O) groups is 1. The molecule has 0 aliphatic carbocycles. The molecule has 0 amide bonds. The Morgan fingerprint density at radius 2 is 1.40 bits per heavy atom. The summed E-state index contributed by atoms with van der Waals surface area (Å²) in [7, 11) is 0. The van der Waals surface area contributed by atoms with Gasteiger partial charge in [0, 0.05) is 0 Å². The van der Waals surface area contributed by atoms with E-state index in [4.69, 9.17) is 9.47 Å². The lowest BCUT2D eigenvalue weighted by Gasteiger charge is -2.10. The highest BCUT2D eigenvalue weighted by atomic mass is 16.5. The van der Waals surface area contributed by atoms with Gasteiger partial charge in [-0.25, -0.2) is 4.79 Å². The number of esters is 1. The first-order valence-electron chi connectivity index (χ1n) is 8.20. The predicted octanol–water partition coefficient (Wildman–Crippen LogP) is 4.93. The van der Waals surface area contributed by atoms with Gasteiger partial charge in [0.25, 0.3) is 0 Å². The van der Waals surface area contributed by atoms with Crippen LogP contribution in [-0.2, 0) is 18.0 Å². The third-order valence-electron chi connectivity index (χ3n) is 3.75. The Hall–Kier alpha value is -3.07. The summed E-state index contributed by atoms with van der Waals surface area (Å²) in [6.07, 6.45) is 0. The van der Waals surface area contributed by atoms with E-state index in [-0.39, 0.29) is 12.6 Å². The van der Waals surface area contributed by atoms with Gasteiger partial charge in [-0.15, -0.1) is 0 Å². The number of ether oxygens (including phenoxy) is 2. The van der Waals surface area contributed by atoms with Gasteiger partial charge in [0.05, 0.1) is 5.56 Å². The Balaban J connectivity index is 1.65. The van der Waals surface area contributed by atoms with Crippen LogP contribution in [0, 0.1) is 6.92 Å². The zero-order chi connectivity index (χ0) is 17.5. The number of benzene rings is 3. The van der Waals surface area contributed by atoms with Crippen molar-refractivity contribution < 1.29 is 14.3 Å². The summed E-state index contributed by atoms with van der Waals surface area (Å²) in [6, 6.07) is 25.0. The van der Waals surface area contributed by atoms with Crippen LogP contribution in [0.1, 0.15) is 27.0 Å². The van der Waals surface area contributed by atoms with E-state index >= 15 is 0 Å². The van der Waals surface area contributed by atoms with Crippen molar-refractivity contribution in [3.8, 4) is 5.75 Å². The van der Waals surface area contributed by atoms with Crippen molar-refractivity contribution in [2.45, 2.75) is 20.1 Å². The second-order valence-electron chi connectivity index (χ2n) is 5.87. The lowest BCUT2D eigenvalue weighted by Crippen LogP contribution is -2.06. The van der Waals surface area contributed by atoms with Gasteiger partial charge < -0.3 is 9.47 Å². The Kier molecular flexibility index (Phi) is 5.47. The van der Waals surface area contributed by atoms with E-state index in [9.17, 15) is 4.79 Å². The summed E-state index contributed by atoms with van der Waals surface area (Å²) in [6.45, 7) is 2.65. The van der Waals surface area contributed by atoms with Gasteiger partial charge in [-0.3, -0.25) is 0 Å². The summed E-state index contributed by atoms with van der Waals surface area (Å²) < 4.78 is 11.2. The van der Waals surface area contributed by atoms with Gasteiger partial charge in [-0.2, -0.15) is 0 Å². The lowest BCUT2D eigenvalue weighted by atomic mass is 10.1. The van der Waals surface area contributed by atoms with E-state index in [2.05, 4.69) is 0 Å². The first kappa shape index (κ1) is 16.8. The summed E-state index contributed by atoms with van der Waals surface area (Å²) in [5, 5.41) is 0. The molecule has 0 radical (unpaired) electrons. The molecule has 0 saturated carbocycles. The van der Waals surface area contributed by atoms with Crippen LogP contribution in [0.2, 0.25) is 0 Å². The van der Waals surface area contributed by atoms with Crippen LogP contribution in [0.4, 0.5) is 0 Å². The van der Waals surface area contributed by atoms with Crippen molar-refractivity contribution >= 4 is 5.97 Å². The second kappa shape index (κ2) is 8.15.